The largest absolute Gasteiger partial charge is 0.378 e. The highest BCUT2D eigenvalue weighted by atomic mass is 16.5. The van der Waals surface area contributed by atoms with Crippen LogP contribution in [0.4, 0.5) is 5.69 Å². The van der Waals surface area contributed by atoms with Crippen molar-refractivity contribution in [1.82, 2.24) is 4.90 Å². The SMILES string of the molecule is CCCC(C)CC(=O)N(Cc1ccc(N(C)C)cc1)CC1CCCO1. The monoisotopic (exact) mass is 346 g/mol. The van der Waals surface area contributed by atoms with Gasteiger partial charge in [-0.25, -0.2) is 0 Å². The molecule has 0 aliphatic carbocycles. The quantitative estimate of drug-likeness (QED) is 0.675. The van der Waals surface area contributed by atoms with E-state index in [0.717, 1.165) is 32.3 Å². The molecule has 0 saturated carbocycles. The fourth-order valence-corrected chi connectivity index (χ4v) is 3.43. The van der Waals surface area contributed by atoms with Crippen molar-refractivity contribution in [3.63, 3.8) is 0 Å². The van der Waals surface area contributed by atoms with Crippen LogP contribution in [0.25, 0.3) is 0 Å². The topological polar surface area (TPSA) is 32.8 Å². The third-order valence-electron chi connectivity index (χ3n) is 4.93. The summed E-state index contributed by atoms with van der Waals surface area (Å²) < 4.78 is 5.77. The van der Waals surface area contributed by atoms with E-state index in [1.54, 1.807) is 0 Å². The highest BCUT2D eigenvalue weighted by Gasteiger charge is 2.23. The lowest BCUT2D eigenvalue weighted by Gasteiger charge is -2.27. The van der Waals surface area contributed by atoms with Gasteiger partial charge < -0.3 is 14.5 Å². The summed E-state index contributed by atoms with van der Waals surface area (Å²) >= 11 is 0. The van der Waals surface area contributed by atoms with Gasteiger partial charge in [0.25, 0.3) is 0 Å². The minimum absolute atomic E-state index is 0.200. The van der Waals surface area contributed by atoms with Gasteiger partial charge in [-0.15, -0.1) is 0 Å². The molecule has 25 heavy (non-hydrogen) atoms. The first-order chi connectivity index (χ1) is 12.0. The van der Waals surface area contributed by atoms with E-state index in [1.807, 2.05) is 19.0 Å². The number of benzene rings is 1. The zero-order valence-electron chi connectivity index (χ0n) is 16.3. The summed E-state index contributed by atoms with van der Waals surface area (Å²) in [5.41, 5.74) is 2.36. The van der Waals surface area contributed by atoms with Crippen LogP contribution in [0.15, 0.2) is 24.3 Å². The van der Waals surface area contributed by atoms with Crippen LogP contribution in [0.1, 0.15) is 51.5 Å². The number of carbonyl (C=O) groups excluding carboxylic acids is 1. The van der Waals surface area contributed by atoms with E-state index in [1.165, 1.54) is 11.3 Å². The third-order valence-corrected chi connectivity index (χ3v) is 4.93. The Morgan fingerprint density at radius 1 is 1.28 bits per heavy atom. The number of carbonyl (C=O) groups is 1. The summed E-state index contributed by atoms with van der Waals surface area (Å²) in [6, 6.07) is 8.48. The first kappa shape index (κ1) is 19.8. The van der Waals surface area contributed by atoms with Gasteiger partial charge in [-0.3, -0.25) is 4.79 Å². The Hall–Kier alpha value is -1.55. The lowest BCUT2D eigenvalue weighted by Crippen LogP contribution is -2.37. The second-order valence-corrected chi connectivity index (χ2v) is 7.57. The number of amides is 1. The van der Waals surface area contributed by atoms with Crippen LogP contribution < -0.4 is 4.90 Å². The summed E-state index contributed by atoms with van der Waals surface area (Å²) in [5.74, 6) is 0.703. The van der Waals surface area contributed by atoms with Crippen LogP contribution in [-0.4, -0.2) is 44.2 Å². The predicted octanol–water partition coefficient (Wildman–Crippen LogP) is 4.09. The van der Waals surface area contributed by atoms with E-state index < -0.39 is 0 Å². The van der Waals surface area contributed by atoms with Gasteiger partial charge in [-0.1, -0.05) is 38.8 Å². The van der Waals surface area contributed by atoms with Gasteiger partial charge in [0.05, 0.1) is 6.10 Å². The summed E-state index contributed by atoms with van der Waals surface area (Å²) in [5, 5.41) is 0. The van der Waals surface area contributed by atoms with Gasteiger partial charge in [0, 0.05) is 45.9 Å². The van der Waals surface area contributed by atoms with Gasteiger partial charge in [-0.2, -0.15) is 0 Å². The lowest BCUT2D eigenvalue weighted by molar-refractivity contribution is -0.134. The minimum Gasteiger partial charge on any atom is -0.378 e. The number of nitrogens with zero attached hydrogens (tertiary/aromatic N) is 2. The maximum atomic E-state index is 12.9. The molecule has 1 aliphatic heterocycles. The second kappa shape index (κ2) is 9.81. The molecule has 0 radical (unpaired) electrons. The molecule has 2 rings (SSSR count). The molecule has 1 heterocycles. The molecule has 0 bridgehead atoms. The third kappa shape index (κ3) is 6.35. The van der Waals surface area contributed by atoms with Crippen molar-refractivity contribution in [3.8, 4) is 0 Å². The molecular formula is C21H34N2O2. The Labute approximate surface area is 153 Å². The number of hydrogen-bond acceptors (Lipinski definition) is 3. The van der Waals surface area contributed by atoms with E-state index in [0.29, 0.717) is 25.4 Å². The summed E-state index contributed by atoms with van der Waals surface area (Å²) in [4.78, 5) is 17.0. The fraction of sp³-hybridized carbons (Fsp3) is 0.667. The van der Waals surface area contributed by atoms with Crippen LogP contribution in [0.2, 0.25) is 0 Å². The molecule has 0 spiro atoms. The number of hydrogen-bond donors (Lipinski definition) is 0. The highest BCUT2D eigenvalue weighted by Crippen LogP contribution is 2.19. The average molecular weight is 347 g/mol. The van der Waals surface area contributed by atoms with Gasteiger partial charge in [0.15, 0.2) is 0 Å². The first-order valence-electron chi connectivity index (χ1n) is 9.65. The molecular weight excluding hydrogens is 312 g/mol. The molecule has 2 unspecified atom stereocenters. The van der Waals surface area contributed by atoms with Crippen molar-refractivity contribution in [2.75, 3.05) is 32.1 Å². The van der Waals surface area contributed by atoms with E-state index in [2.05, 4.69) is 43.0 Å². The number of rotatable bonds is 9. The van der Waals surface area contributed by atoms with E-state index in [4.69, 9.17) is 4.74 Å². The van der Waals surface area contributed by atoms with Gasteiger partial charge >= 0.3 is 0 Å². The van der Waals surface area contributed by atoms with Crippen LogP contribution in [0.5, 0.6) is 0 Å². The van der Waals surface area contributed by atoms with Crippen molar-refractivity contribution in [3.05, 3.63) is 29.8 Å². The normalized spacial score (nSPS) is 18.2. The zero-order chi connectivity index (χ0) is 18.2. The van der Waals surface area contributed by atoms with Crippen molar-refractivity contribution in [1.29, 1.82) is 0 Å². The lowest BCUT2D eigenvalue weighted by atomic mass is 10.0. The Kier molecular flexibility index (Phi) is 7.76. The smallest absolute Gasteiger partial charge is 0.223 e. The summed E-state index contributed by atoms with van der Waals surface area (Å²) in [7, 11) is 4.08. The van der Waals surface area contributed by atoms with Crippen molar-refractivity contribution < 1.29 is 9.53 Å². The van der Waals surface area contributed by atoms with Crippen molar-refractivity contribution in [2.45, 2.75) is 58.6 Å². The van der Waals surface area contributed by atoms with Crippen LogP contribution in [0.3, 0.4) is 0 Å². The molecule has 1 aromatic rings. The number of anilines is 1. The van der Waals surface area contributed by atoms with Crippen LogP contribution in [-0.2, 0) is 16.1 Å². The van der Waals surface area contributed by atoms with Gasteiger partial charge in [-0.05, 0) is 36.5 Å². The Morgan fingerprint density at radius 2 is 2.00 bits per heavy atom. The molecule has 1 aromatic carbocycles. The van der Waals surface area contributed by atoms with Crippen molar-refractivity contribution in [2.24, 2.45) is 5.92 Å². The Bertz CT molecular complexity index is 521. The second-order valence-electron chi connectivity index (χ2n) is 7.57. The molecule has 2 atom stereocenters. The van der Waals surface area contributed by atoms with Gasteiger partial charge in [0.2, 0.25) is 5.91 Å². The Balaban J connectivity index is 2.03. The first-order valence-corrected chi connectivity index (χ1v) is 9.65. The Morgan fingerprint density at radius 3 is 2.56 bits per heavy atom. The maximum absolute atomic E-state index is 12.9. The molecule has 140 valence electrons. The zero-order valence-corrected chi connectivity index (χ0v) is 16.3. The highest BCUT2D eigenvalue weighted by molar-refractivity contribution is 5.76. The predicted molar refractivity (Wildman–Crippen MR) is 104 cm³/mol. The molecule has 1 aliphatic rings. The maximum Gasteiger partial charge on any atom is 0.223 e. The molecule has 1 saturated heterocycles. The van der Waals surface area contributed by atoms with E-state index in [-0.39, 0.29) is 12.0 Å². The average Bonchev–Trinajstić information content (AvgIpc) is 3.08. The number of ether oxygens (including phenoxy) is 1. The van der Waals surface area contributed by atoms with Crippen molar-refractivity contribution >= 4 is 11.6 Å². The van der Waals surface area contributed by atoms with Crippen LogP contribution >= 0.6 is 0 Å². The molecule has 0 N–H and O–H groups in total. The van der Waals surface area contributed by atoms with E-state index in [9.17, 15) is 4.79 Å². The minimum atomic E-state index is 0.200. The fourth-order valence-electron chi connectivity index (χ4n) is 3.43. The molecule has 1 amide bonds. The van der Waals surface area contributed by atoms with E-state index >= 15 is 0 Å². The molecule has 4 heteroatoms. The molecule has 1 fully saturated rings. The summed E-state index contributed by atoms with van der Waals surface area (Å²) in [6.07, 6.45) is 5.25. The molecule has 4 nitrogen and oxygen atoms in total. The summed E-state index contributed by atoms with van der Waals surface area (Å²) in [6.45, 7) is 6.57. The standard InChI is InChI=1S/C21H34N2O2/c1-5-7-17(2)14-21(24)23(16-20-8-6-13-25-20)15-18-9-11-19(12-10-18)22(3)4/h9-12,17,20H,5-8,13-16H2,1-4H3. The van der Waals surface area contributed by atoms with Gasteiger partial charge in [0.1, 0.15) is 0 Å². The molecule has 0 aromatic heterocycles. The van der Waals surface area contributed by atoms with Crippen LogP contribution in [0, 0.1) is 5.92 Å².